The maximum atomic E-state index is 13.3. The molecule has 1 amide bonds. The molecule has 0 spiro atoms. The normalized spacial score (nSPS) is 12.3. The highest BCUT2D eigenvalue weighted by atomic mass is 19.1. The van der Waals surface area contributed by atoms with E-state index in [9.17, 15) is 9.18 Å². The molecule has 0 fully saturated rings. The number of hydrogen-bond donors (Lipinski definition) is 3. The van der Waals surface area contributed by atoms with Gasteiger partial charge < -0.3 is 15.4 Å². The maximum Gasteiger partial charge on any atom is 0.251 e. The molecular formula is C19H19FN2O2. The zero-order valence-electron chi connectivity index (χ0n) is 13.6. The van der Waals surface area contributed by atoms with Gasteiger partial charge in [-0.05, 0) is 55.3 Å². The van der Waals surface area contributed by atoms with Gasteiger partial charge in [0.05, 0.1) is 6.61 Å². The molecule has 0 aliphatic rings. The molecule has 3 aromatic rings. The Morgan fingerprint density at radius 3 is 2.75 bits per heavy atom. The summed E-state index contributed by atoms with van der Waals surface area (Å²) >= 11 is 0. The Kier molecular flexibility index (Phi) is 4.36. The van der Waals surface area contributed by atoms with Crippen molar-refractivity contribution >= 4 is 16.8 Å². The molecule has 3 rings (SSSR count). The van der Waals surface area contributed by atoms with Gasteiger partial charge in [0.15, 0.2) is 0 Å². The highest BCUT2D eigenvalue weighted by Crippen LogP contribution is 2.31. The molecule has 1 heterocycles. The van der Waals surface area contributed by atoms with Crippen LogP contribution >= 0.6 is 0 Å². The summed E-state index contributed by atoms with van der Waals surface area (Å²) in [6.07, 6.45) is 1.85. The lowest BCUT2D eigenvalue weighted by atomic mass is 9.97. The lowest BCUT2D eigenvalue weighted by Crippen LogP contribution is -2.34. The van der Waals surface area contributed by atoms with Crippen LogP contribution in [0.2, 0.25) is 0 Å². The summed E-state index contributed by atoms with van der Waals surface area (Å²) in [5.74, 6) is -0.496. The van der Waals surface area contributed by atoms with Crippen molar-refractivity contribution in [2.75, 3.05) is 6.61 Å². The van der Waals surface area contributed by atoms with Gasteiger partial charge in [-0.1, -0.05) is 6.07 Å². The molecule has 0 aliphatic heterocycles. The Morgan fingerprint density at radius 2 is 2.04 bits per heavy atom. The van der Waals surface area contributed by atoms with Gasteiger partial charge in [-0.25, -0.2) is 4.39 Å². The number of aromatic amines is 1. The van der Waals surface area contributed by atoms with E-state index in [1.807, 2.05) is 25.3 Å². The molecule has 1 aromatic heterocycles. The third-order valence-corrected chi connectivity index (χ3v) is 4.07. The number of hydrogen-bond acceptors (Lipinski definition) is 2. The van der Waals surface area contributed by atoms with Gasteiger partial charge >= 0.3 is 0 Å². The first-order valence-corrected chi connectivity index (χ1v) is 7.79. The number of halogens is 1. The summed E-state index contributed by atoms with van der Waals surface area (Å²) < 4.78 is 13.3. The first kappa shape index (κ1) is 16.2. The van der Waals surface area contributed by atoms with Gasteiger partial charge in [0.2, 0.25) is 0 Å². The highest BCUT2D eigenvalue weighted by Gasteiger charge is 2.13. The van der Waals surface area contributed by atoms with Crippen molar-refractivity contribution in [1.29, 1.82) is 0 Å². The molecule has 0 saturated heterocycles. The number of carbonyl (C=O) groups is 1. The minimum Gasteiger partial charge on any atom is -0.394 e. The van der Waals surface area contributed by atoms with Crippen molar-refractivity contribution in [1.82, 2.24) is 10.3 Å². The molecular weight excluding hydrogens is 307 g/mol. The van der Waals surface area contributed by atoms with Gasteiger partial charge in [-0.15, -0.1) is 0 Å². The zero-order valence-corrected chi connectivity index (χ0v) is 13.6. The van der Waals surface area contributed by atoms with Crippen LogP contribution in [-0.4, -0.2) is 28.6 Å². The molecule has 2 aromatic carbocycles. The van der Waals surface area contributed by atoms with E-state index in [2.05, 4.69) is 10.3 Å². The maximum absolute atomic E-state index is 13.3. The minimum atomic E-state index is -0.291. The number of aryl methyl sites for hydroxylation is 1. The zero-order chi connectivity index (χ0) is 17.3. The van der Waals surface area contributed by atoms with Crippen molar-refractivity contribution in [2.24, 2.45) is 0 Å². The van der Waals surface area contributed by atoms with E-state index in [0.29, 0.717) is 5.56 Å². The van der Waals surface area contributed by atoms with Crippen molar-refractivity contribution in [3.8, 4) is 11.1 Å². The number of rotatable bonds is 4. The summed E-state index contributed by atoms with van der Waals surface area (Å²) in [4.78, 5) is 15.2. The first-order chi connectivity index (χ1) is 11.5. The predicted octanol–water partition coefficient (Wildman–Crippen LogP) is 3.39. The van der Waals surface area contributed by atoms with E-state index < -0.39 is 0 Å². The van der Waals surface area contributed by atoms with Crippen LogP contribution in [0.15, 0.2) is 42.6 Å². The first-order valence-electron chi connectivity index (χ1n) is 7.79. The second-order valence-corrected chi connectivity index (χ2v) is 5.98. The van der Waals surface area contributed by atoms with E-state index in [0.717, 1.165) is 27.6 Å². The van der Waals surface area contributed by atoms with Crippen LogP contribution in [0.4, 0.5) is 4.39 Å². The smallest absolute Gasteiger partial charge is 0.251 e. The second-order valence-electron chi connectivity index (χ2n) is 5.98. The fraction of sp³-hybridized carbons (Fsp3) is 0.211. The molecule has 5 heteroatoms. The van der Waals surface area contributed by atoms with Crippen molar-refractivity contribution in [2.45, 2.75) is 19.9 Å². The number of aromatic nitrogens is 1. The number of nitrogens with one attached hydrogen (secondary N) is 2. The van der Waals surface area contributed by atoms with Gasteiger partial charge in [0, 0.05) is 34.3 Å². The standard InChI is InChI=1S/C19H19FN2O2/c1-11-7-13(19(24)22-12(2)10-23)3-5-15(11)17-9-21-18-8-14(20)4-6-16(17)18/h3-9,12,21,23H,10H2,1-2H3,(H,22,24)/t12-/m1/s1. The lowest BCUT2D eigenvalue weighted by molar-refractivity contribution is 0.0922. The van der Waals surface area contributed by atoms with E-state index in [4.69, 9.17) is 5.11 Å². The van der Waals surface area contributed by atoms with E-state index in [1.54, 1.807) is 19.1 Å². The molecule has 4 nitrogen and oxygen atoms in total. The average Bonchev–Trinajstić information content (AvgIpc) is 2.97. The predicted molar refractivity (Wildman–Crippen MR) is 92.4 cm³/mol. The summed E-state index contributed by atoms with van der Waals surface area (Å²) in [5, 5.41) is 12.7. The van der Waals surface area contributed by atoms with Crippen LogP contribution in [0.1, 0.15) is 22.8 Å². The molecule has 0 unspecified atom stereocenters. The Hall–Kier alpha value is -2.66. The summed E-state index contributed by atoms with van der Waals surface area (Å²) in [6.45, 7) is 3.57. The molecule has 0 radical (unpaired) electrons. The van der Waals surface area contributed by atoms with Crippen LogP contribution in [0.25, 0.3) is 22.0 Å². The van der Waals surface area contributed by atoms with E-state index in [-0.39, 0.29) is 24.4 Å². The number of aliphatic hydroxyl groups is 1. The number of carbonyl (C=O) groups excluding carboxylic acids is 1. The van der Waals surface area contributed by atoms with Gasteiger partial charge in [0.25, 0.3) is 5.91 Å². The molecule has 1 atom stereocenters. The third kappa shape index (κ3) is 3.03. The largest absolute Gasteiger partial charge is 0.394 e. The topological polar surface area (TPSA) is 65.1 Å². The quantitative estimate of drug-likeness (QED) is 0.688. The molecule has 0 bridgehead atoms. The fourth-order valence-electron chi connectivity index (χ4n) is 2.78. The number of benzene rings is 2. The van der Waals surface area contributed by atoms with Crippen LogP contribution < -0.4 is 5.32 Å². The number of aliphatic hydroxyl groups excluding tert-OH is 1. The van der Waals surface area contributed by atoms with Crippen LogP contribution in [-0.2, 0) is 0 Å². The number of H-pyrrole nitrogens is 1. The summed E-state index contributed by atoms with van der Waals surface area (Å²) in [6, 6.07) is 9.82. The van der Waals surface area contributed by atoms with E-state index >= 15 is 0 Å². The number of amides is 1. The molecule has 3 N–H and O–H groups in total. The number of fused-ring (bicyclic) bond motifs is 1. The minimum absolute atomic E-state index is 0.102. The molecule has 24 heavy (non-hydrogen) atoms. The van der Waals surface area contributed by atoms with Crippen molar-refractivity contribution in [3.63, 3.8) is 0 Å². The Labute approximate surface area is 139 Å². The monoisotopic (exact) mass is 326 g/mol. The van der Waals surface area contributed by atoms with Crippen LogP contribution in [0.5, 0.6) is 0 Å². The van der Waals surface area contributed by atoms with E-state index in [1.165, 1.54) is 12.1 Å². The summed E-state index contributed by atoms with van der Waals surface area (Å²) in [7, 11) is 0. The Balaban J connectivity index is 1.96. The third-order valence-electron chi connectivity index (χ3n) is 4.07. The van der Waals surface area contributed by atoms with Gasteiger partial charge in [-0.3, -0.25) is 4.79 Å². The average molecular weight is 326 g/mol. The van der Waals surface area contributed by atoms with Crippen LogP contribution in [0.3, 0.4) is 0 Å². The fourth-order valence-corrected chi connectivity index (χ4v) is 2.78. The van der Waals surface area contributed by atoms with Gasteiger partial charge in [0.1, 0.15) is 5.82 Å². The second kappa shape index (κ2) is 6.45. The Bertz CT molecular complexity index is 902. The van der Waals surface area contributed by atoms with Crippen LogP contribution in [0, 0.1) is 12.7 Å². The highest BCUT2D eigenvalue weighted by molar-refractivity contribution is 5.98. The van der Waals surface area contributed by atoms with Crippen molar-refractivity contribution in [3.05, 3.63) is 59.5 Å². The molecule has 0 aliphatic carbocycles. The van der Waals surface area contributed by atoms with Gasteiger partial charge in [-0.2, -0.15) is 0 Å². The lowest BCUT2D eigenvalue weighted by Gasteiger charge is -2.12. The SMILES string of the molecule is Cc1cc(C(=O)N[C@H](C)CO)ccc1-c1c[nH]c2cc(F)ccc12. The summed E-state index contributed by atoms with van der Waals surface area (Å²) in [5.41, 5.74) is 4.19. The Morgan fingerprint density at radius 1 is 1.25 bits per heavy atom. The van der Waals surface area contributed by atoms with Crippen molar-refractivity contribution < 1.29 is 14.3 Å². The molecule has 124 valence electrons. The molecule has 0 saturated carbocycles.